The Morgan fingerprint density at radius 1 is 1.36 bits per heavy atom. The van der Waals surface area contributed by atoms with Crippen LogP contribution in [0.2, 0.25) is 5.02 Å². The zero-order valence-corrected chi connectivity index (χ0v) is 8.76. The van der Waals surface area contributed by atoms with Crippen LogP contribution < -0.4 is 4.74 Å². The first-order valence-corrected chi connectivity index (χ1v) is 4.76. The monoisotopic (exact) mass is 208 g/mol. The lowest BCUT2D eigenvalue weighted by molar-refractivity contribution is 0.350. The Morgan fingerprint density at radius 2 is 2.00 bits per heavy atom. The van der Waals surface area contributed by atoms with Gasteiger partial charge in [-0.05, 0) is 36.3 Å². The quantitative estimate of drug-likeness (QED) is 0.668. The number of ether oxygens (including phenoxy) is 1. The lowest BCUT2D eigenvalue weighted by atomic mass is 10.2. The number of rotatable bonds is 5. The first-order chi connectivity index (χ1) is 6.72. The molecule has 1 rings (SSSR count). The van der Waals surface area contributed by atoms with E-state index in [4.69, 9.17) is 16.3 Å². The molecule has 0 unspecified atom stereocenters. The number of halogens is 1. The molecule has 2 heteroatoms. The zero-order chi connectivity index (χ0) is 10.4. The van der Waals surface area contributed by atoms with Crippen LogP contribution in [0.5, 0.6) is 5.75 Å². The molecule has 0 aromatic heterocycles. The summed E-state index contributed by atoms with van der Waals surface area (Å²) >= 11 is 5.74. The minimum atomic E-state index is 0.521. The number of hydrogen-bond acceptors (Lipinski definition) is 1. The third kappa shape index (κ3) is 3.67. The fourth-order valence-electron chi connectivity index (χ4n) is 0.979. The summed E-state index contributed by atoms with van der Waals surface area (Å²) in [5.41, 5.74) is 1.01. The largest absolute Gasteiger partial charge is 0.489 e. The van der Waals surface area contributed by atoms with Gasteiger partial charge < -0.3 is 4.74 Å². The molecule has 0 saturated carbocycles. The molecule has 0 N–H and O–H groups in total. The molecule has 0 aliphatic heterocycles. The third-order valence-electron chi connectivity index (χ3n) is 1.69. The molecule has 0 bridgehead atoms. The molecule has 74 valence electrons. The summed E-state index contributed by atoms with van der Waals surface area (Å²) in [7, 11) is 0. The minimum absolute atomic E-state index is 0.521. The van der Waals surface area contributed by atoms with Gasteiger partial charge in [0.15, 0.2) is 0 Å². The molecule has 1 aromatic carbocycles. The van der Waals surface area contributed by atoms with Gasteiger partial charge in [-0.25, -0.2) is 0 Å². The second kappa shape index (κ2) is 5.51. The second-order valence-electron chi connectivity index (χ2n) is 2.99. The van der Waals surface area contributed by atoms with E-state index in [1.165, 1.54) is 0 Å². The summed E-state index contributed by atoms with van der Waals surface area (Å²) in [6.45, 7) is 8.01. The molecular weight excluding hydrogens is 196 g/mol. The maximum absolute atomic E-state index is 5.74. The van der Waals surface area contributed by atoms with E-state index >= 15 is 0 Å². The molecule has 0 aliphatic carbocycles. The van der Waals surface area contributed by atoms with Crippen LogP contribution in [0.15, 0.2) is 49.1 Å². The number of benzene rings is 1. The van der Waals surface area contributed by atoms with E-state index in [-0.39, 0.29) is 0 Å². The standard InChI is InChI=1S/C12H13ClO/c1-3-4-10(2)9-14-12-7-5-11(13)6-8-12/h3,5-8H,1-2,4,9H2. The lowest BCUT2D eigenvalue weighted by Crippen LogP contribution is -1.99. The second-order valence-corrected chi connectivity index (χ2v) is 3.42. The Kier molecular flexibility index (Phi) is 4.27. The van der Waals surface area contributed by atoms with Crippen LogP contribution >= 0.6 is 11.6 Å². The molecule has 14 heavy (non-hydrogen) atoms. The fourth-order valence-corrected chi connectivity index (χ4v) is 1.11. The smallest absolute Gasteiger partial charge is 0.119 e. The highest BCUT2D eigenvalue weighted by Crippen LogP contribution is 2.16. The van der Waals surface area contributed by atoms with E-state index in [1.807, 2.05) is 18.2 Å². The molecule has 1 nitrogen and oxygen atoms in total. The van der Waals surface area contributed by atoms with Gasteiger partial charge in [-0.1, -0.05) is 24.3 Å². The average Bonchev–Trinajstić information content (AvgIpc) is 2.17. The van der Waals surface area contributed by atoms with Crippen LogP contribution in [0.25, 0.3) is 0 Å². The van der Waals surface area contributed by atoms with Crippen molar-refractivity contribution in [3.63, 3.8) is 0 Å². The highest BCUT2D eigenvalue weighted by Gasteiger charge is 1.95. The van der Waals surface area contributed by atoms with E-state index in [9.17, 15) is 0 Å². The van der Waals surface area contributed by atoms with Gasteiger partial charge in [-0.15, -0.1) is 6.58 Å². The molecule has 1 aromatic rings. The number of allylic oxidation sites excluding steroid dienone is 1. The molecule has 0 heterocycles. The molecule has 0 atom stereocenters. The van der Waals surface area contributed by atoms with Crippen molar-refractivity contribution >= 4 is 11.6 Å². The number of hydrogen-bond donors (Lipinski definition) is 0. The fraction of sp³-hybridized carbons (Fsp3) is 0.167. The third-order valence-corrected chi connectivity index (χ3v) is 1.94. The van der Waals surface area contributed by atoms with Crippen LogP contribution in [-0.2, 0) is 0 Å². The highest BCUT2D eigenvalue weighted by atomic mass is 35.5. The predicted octanol–water partition coefficient (Wildman–Crippen LogP) is 3.85. The van der Waals surface area contributed by atoms with E-state index in [2.05, 4.69) is 13.2 Å². The summed E-state index contributed by atoms with van der Waals surface area (Å²) in [4.78, 5) is 0. The van der Waals surface area contributed by atoms with Crippen molar-refractivity contribution in [2.24, 2.45) is 0 Å². The molecule has 0 spiro atoms. The van der Waals surface area contributed by atoms with Crippen LogP contribution in [0.1, 0.15) is 6.42 Å². The van der Waals surface area contributed by atoms with Gasteiger partial charge in [-0.3, -0.25) is 0 Å². The van der Waals surface area contributed by atoms with Crippen LogP contribution in [0.4, 0.5) is 0 Å². The van der Waals surface area contributed by atoms with E-state index < -0.39 is 0 Å². The average molecular weight is 209 g/mol. The summed E-state index contributed by atoms with van der Waals surface area (Å²) in [5, 5.41) is 0.710. The van der Waals surface area contributed by atoms with Gasteiger partial charge in [0.2, 0.25) is 0 Å². The summed E-state index contributed by atoms with van der Waals surface area (Å²) in [6, 6.07) is 7.27. The summed E-state index contributed by atoms with van der Waals surface area (Å²) < 4.78 is 5.47. The topological polar surface area (TPSA) is 9.23 Å². The Morgan fingerprint density at radius 3 is 2.57 bits per heavy atom. The molecular formula is C12H13ClO. The maximum Gasteiger partial charge on any atom is 0.119 e. The molecule has 0 fully saturated rings. The van der Waals surface area contributed by atoms with Gasteiger partial charge in [-0.2, -0.15) is 0 Å². The Labute approximate surface area is 89.7 Å². The lowest BCUT2D eigenvalue weighted by Gasteiger charge is -2.06. The predicted molar refractivity (Wildman–Crippen MR) is 60.9 cm³/mol. The van der Waals surface area contributed by atoms with Crippen molar-refractivity contribution in [2.45, 2.75) is 6.42 Å². The van der Waals surface area contributed by atoms with E-state index in [0.29, 0.717) is 11.6 Å². The first-order valence-electron chi connectivity index (χ1n) is 4.38. The maximum atomic E-state index is 5.74. The molecule has 0 aliphatic rings. The van der Waals surface area contributed by atoms with Crippen molar-refractivity contribution in [1.29, 1.82) is 0 Å². The van der Waals surface area contributed by atoms with Crippen LogP contribution in [0.3, 0.4) is 0 Å². The Bertz CT molecular complexity index is 314. The first kappa shape index (κ1) is 10.9. The van der Waals surface area contributed by atoms with Crippen molar-refractivity contribution in [3.05, 3.63) is 54.1 Å². The van der Waals surface area contributed by atoms with E-state index in [1.54, 1.807) is 12.1 Å². The van der Waals surface area contributed by atoms with Gasteiger partial charge in [0.25, 0.3) is 0 Å². The summed E-state index contributed by atoms with van der Waals surface area (Å²) in [6.07, 6.45) is 2.60. The summed E-state index contributed by atoms with van der Waals surface area (Å²) in [5.74, 6) is 0.805. The van der Waals surface area contributed by atoms with Crippen molar-refractivity contribution < 1.29 is 4.74 Å². The molecule has 0 saturated heterocycles. The molecule has 0 amide bonds. The van der Waals surface area contributed by atoms with Crippen molar-refractivity contribution in [3.8, 4) is 5.75 Å². The van der Waals surface area contributed by atoms with Gasteiger partial charge >= 0.3 is 0 Å². The normalized spacial score (nSPS) is 9.50. The molecule has 0 radical (unpaired) electrons. The van der Waals surface area contributed by atoms with Gasteiger partial charge in [0.1, 0.15) is 12.4 Å². The Balaban J connectivity index is 2.41. The van der Waals surface area contributed by atoms with Gasteiger partial charge in [0.05, 0.1) is 0 Å². The highest BCUT2D eigenvalue weighted by molar-refractivity contribution is 6.30. The van der Waals surface area contributed by atoms with Crippen LogP contribution in [0, 0.1) is 0 Å². The van der Waals surface area contributed by atoms with Crippen molar-refractivity contribution in [1.82, 2.24) is 0 Å². The van der Waals surface area contributed by atoms with E-state index in [0.717, 1.165) is 17.7 Å². The zero-order valence-electron chi connectivity index (χ0n) is 8.00. The van der Waals surface area contributed by atoms with Crippen molar-refractivity contribution in [2.75, 3.05) is 6.61 Å². The minimum Gasteiger partial charge on any atom is -0.489 e. The van der Waals surface area contributed by atoms with Gasteiger partial charge in [0, 0.05) is 5.02 Å². The van der Waals surface area contributed by atoms with Crippen LogP contribution in [-0.4, -0.2) is 6.61 Å². The Hall–Kier alpha value is -1.21. The SMILES string of the molecule is C=CCC(=C)COc1ccc(Cl)cc1.